The minimum atomic E-state index is -3.65. The van der Waals surface area contributed by atoms with E-state index in [1.54, 1.807) is 24.3 Å². The van der Waals surface area contributed by atoms with Gasteiger partial charge in [0.2, 0.25) is 15.9 Å². The van der Waals surface area contributed by atoms with Gasteiger partial charge in [-0.3, -0.25) is 4.79 Å². The molecule has 1 amide bonds. The number of sulfonamides is 1. The van der Waals surface area contributed by atoms with Gasteiger partial charge in [0.1, 0.15) is 5.75 Å². The number of nitrogens with zero attached hydrogens (tertiary/aromatic N) is 1. The average Bonchev–Trinajstić information content (AvgIpc) is 2.75. The molecule has 2 atom stereocenters. The van der Waals surface area contributed by atoms with Crippen molar-refractivity contribution in [1.82, 2.24) is 9.62 Å². The Balaban J connectivity index is 1.68. The number of methoxy groups -OCH3 is 1. The normalized spacial score (nSPS) is 18.6. The lowest BCUT2D eigenvalue weighted by atomic mass is 9.97. The van der Waals surface area contributed by atoms with Crippen molar-refractivity contribution in [3.05, 3.63) is 59.2 Å². The highest BCUT2D eigenvalue weighted by atomic mass is 32.2. The van der Waals surface area contributed by atoms with Crippen LogP contribution in [0.2, 0.25) is 0 Å². The van der Waals surface area contributed by atoms with Gasteiger partial charge >= 0.3 is 0 Å². The summed E-state index contributed by atoms with van der Waals surface area (Å²) >= 11 is 0. The number of hydrogen-bond donors (Lipinski definition) is 1. The summed E-state index contributed by atoms with van der Waals surface area (Å²) in [6.45, 7) is 6.68. The van der Waals surface area contributed by atoms with Gasteiger partial charge in [-0.1, -0.05) is 18.2 Å². The Bertz CT molecular complexity index is 1000. The minimum Gasteiger partial charge on any atom is -0.497 e. The van der Waals surface area contributed by atoms with Gasteiger partial charge in [-0.25, -0.2) is 8.42 Å². The summed E-state index contributed by atoms with van der Waals surface area (Å²) in [7, 11) is -2.11. The molecule has 7 heteroatoms. The lowest BCUT2D eigenvalue weighted by molar-refractivity contribution is -0.126. The van der Waals surface area contributed by atoms with E-state index in [4.69, 9.17) is 4.74 Å². The van der Waals surface area contributed by atoms with Gasteiger partial charge in [0.15, 0.2) is 0 Å². The largest absolute Gasteiger partial charge is 0.497 e. The predicted molar refractivity (Wildman–Crippen MR) is 117 cm³/mol. The molecule has 1 fully saturated rings. The van der Waals surface area contributed by atoms with Gasteiger partial charge in [-0.15, -0.1) is 0 Å². The molecule has 1 saturated heterocycles. The molecule has 1 N–H and O–H groups in total. The van der Waals surface area contributed by atoms with Gasteiger partial charge in [0, 0.05) is 13.1 Å². The molecule has 3 rings (SSSR count). The zero-order chi connectivity index (χ0) is 21.9. The number of piperidine rings is 1. The first-order valence-electron chi connectivity index (χ1n) is 10.2. The summed E-state index contributed by atoms with van der Waals surface area (Å²) < 4.78 is 32.6. The van der Waals surface area contributed by atoms with Crippen LogP contribution in [0.15, 0.2) is 47.4 Å². The van der Waals surface area contributed by atoms with Crippen molar-refractivity contribution in [2.24, 2.45) is 5.92 Å². The highest BCUT2D eigenvalue weighted by Crippen LogP contribution is 2.26. The summed E-state index contributed by atoms with van der Waals surface area (Å²) in [5, 5.41) is 3.06. The van der Waals surface area contributed by atoms with Crippen molar-refractivity contribution < 1.29 is 17.9 Å². The molecule has 1 heterocycles. The third-order valence-electron chi connectivity index (χ3n) is 5.84. The third-order valence-corrected chi connectivity index (χ3v) is 7.72. The monoisotopic (exact) mass is 430 g/mol. The van der Waals surface area contributed by atoms with E-state index in [1.807, 2.05) is 13.0 Å². The maximum Gasteiger partial charge on any atom is 0.243 e. The first-order valence-corrected chi connectivity index (χ1v) is 11.7. The molecular weight excluding hydrogens is 400 g/mol. The van der Waals surface area contributed by atoms with Crippen LogP contribution in [-0.2, 0) is 14.8 Å². The summed E-state index contributed by atoms with van der Waals surface area (Å²) in [4.78, 5) is 13.1. The average molecular weight is 431 g/mol. The highest BCUT2D eigenvalue weighted by molar-refractivity contribution is 7.89. The summed E-state index contributed by atoms with van der Waals surface area (Å²) in [5.41, 5.74) is 3.44. The number of benzene rings is 2. The molecule has 1 aliphatic heterocycles. The van der Waals surface area contributed by atoms with Crippen LogP contribution in [0.4, 0.5) is 0 Å². The summed E-state index contributed by atoms with van der Waals surface area (Å²) in [6.07, 6.45) is 1.34. The van der Waals surface area contributed by atoms with E-state index < -0.39 is 10.0 Å². The second-order valence-corrected chi connectivity index (χ2v) is 9.89. The molecule has 6 nitrogen and oxygen atoms in total. The Morgan fingerprint density at radius 2 is 1.83 bits per heavy atom. The van der Waals surface area contributed by atoms with E-state index in [2.05, 4.69) is 31.3 Å². The van der Waals surface area contributed by atoms with Gasteiger partial charge < -0.3 is 10.1 Å². The van der Waals surface area contributed by atoms with Crippen LogP contribution in [0, 0.1) is 19.8 Å². The van der Waals surface area contributed by atoms with Gasteiger partial charge in [0.05, 0.1) is 24.0 Å². The van der Waals surface area contributed by atoms with Crippen molar-refractivity contribution in [3.8, 4) is 5.75 Å². The van der Waals surface area contributed by atoms with Gasteiger partial charge in [-0.2, -0.15) is 4.31 Å². The molecule has 0 spiro atoms. The number of ether oxygens (including phenoxy) is 1. The Kier molecular flexibility index (Phi) is 6.83. The molecule has 2 aromatic rings. The SMILES string of the molecule is COc1ccc(S(=O)(=O)N2CCC[C@H](C(=O)N[C@@H](C)c3ccc(C)c(C)c3)C2)cc1. The number of aryl methyl sites for hydroxylation is 2. The Morgan fingerprint density at radius 1 is 1.13 bits per heavy atom. The Labute approximate surface area is 179 Å². The molecule has 0 saturated carbocycles. The number of amides is 1. The van der Waals surface area contributed by atoms with Crippen LogP contribution in [-0.4, -0.2) is 38.8 Å². The second-order valence-electron chi connectivity index (χ2n) is 7.95. The van der Waals surface area contributed by atoms with E-state index in [0.29, 0.717) is 25.1 Å². The van der Waals surface area contributed by atoms with Crippen LogP contribution in [0.25, 0.3) is 0 Å². The fourth-order valence-corrected chi connectivity index (χ4v) is 5.24. The topological polar surface area (TPSA) is 75.7 Å². The zero-order valence-electron chi connectivity index (χ0n) is 18.0. The van der Waals surface area contributed by atoms with Gasteiger partial charge in [-0.05, 0) is 74.6 Å². The van der Waals surface area contributed by atoms with Crippen LogP contribution in [0.3, 0.4) is 0 Å². The molecule has 0 unspecified atom stereocenters. The lowest BCUT2D eigenvalue weighted by Crippen LogP contribution is -2.45. The maximum absolute atomic E-state index is 13.0. The molecule has 162 valence electrons. The van der Waals surface area contributed by atoms with Gasteiger partial charge in [0.25, 0.3) is 0 Å². The number of hydrogen-bond acceptors (Lipinski definition) is 4. The molecule has 0 bridgehead atoms. The molecule has 0 aromatic heterocycles. The highest BCUT2D eigenvalue weighted by Gasteiger charge is 2.33. The first kappa shape index (κ1) is 22.3. The smallest absolute Gasteiger partial charge is 0.243 e. The molecule has 0 radical (unpaired) electrons. The van der Waals surface area contributed by atoms with E-state index >= 15 is 0 Å². The van der Waals surface area contributed by atoms with Crippen LogP contribution < -0.4 is 10.1 Å². The molecule has 2 aromatic carbocycles. The molecule has 1 aliphatic rings. The van der Waals surface area contributed by atoms with Crippen molar-refractivity contribution in [3.63, 3.8) is 0 Å². The van der Waals surface area contributed by atoms with Crippen molar-refractivity contribution in [2.75, 3.05) is 20.2 Å². The standard InChI is InChI=1S/C23H30N2O4S/c1-16-7-8-19(14-17(16)2)18(3)24-23(26)20-6-5-13-25(15-20)30(27,28)22-11-9-21(29-4)10-12-22/h7-12,14,18,20H,5-6,13,15H2,1-4H3,(H,24,26)/t18-,20-/m0/s1. The zero-order valence-corrected chi connectivity index (χ0v) is 18.8. The number of rotatable bonds is 6. The van der Waals surface area contributed by atoms with Crippen LogP contribution >= 0.6 is 0 Å². The van der Waals surface area contributed by atoms with E-state index in [-0.39, 0.29) is 29.3 Å². The summed E-state index contributed by atoms with van der Waals surface area (Å²) in [5.74, 6) is 0.140. The van der Waals surface area contributed by atoms with Crippen molar-refractivity contribution in [1.29, 1.82) is 0 Å². The Hall–Kier alpha value is -2.38. The Morgan fingerprint density at radius 3 is 2.47 bits per heavy atom. The van der Waals surface area contributed by atoms with Crippen LogP contribution in [0.1, 0.15) is 42.5 Å². The van der Waals surface area contributed by atoms with Crippen LogP contribution in [0.5, 0.6) is 5.75 Å². The molecule has 30 heavy (non-hydrogen) atoms. The predicted octanol–water partition coefficient (Wildman–Crippen LogP) is 3.59. The third kappa shape index (κ3) is 4.84. The van der Waals surface area contributed by atoms with Crippen molar-refractivity contribution in [2.45, 2.75) is 44.6 Å². The fourth-order valence-electron chi connectivity index (χ4n) is 3.72. The second kappa shape index (κ2) is 9.18. The van der Waals surface area contributed by atoms with E-state index in [9.17, 15) is 13.2 Å². The fraction of sp³-hybridized carbons (Fsp3) is 0.435. The quantitative estimate of drug-likeness (QED) is 0.760. The molecule has 0 aliphatic carbocycles. The van der Waals surface area contributed by atoms with Crippen molar-refractivity contribution >= 4 is 15.9 Å². The first-order chi connectivity index (χ1) is 14.2. The summed E-state index contributed by atoms with van der Waals surface area (Å²) in [6, 6.07) is 12.4. The minimum absolute atomic E-state index is 0.102. The molecular formula is C23H30N2O4S. The maximum atomic E-state index is 13.0. The number of carbonyl (C=O) groups excluding carboxylic acids is 1. The number of nitrogens with one attached hydrogen (secondary N) is 1. The lowest BCUT2D eigenvalue weighted by Gasteiger charge is -2.32. The number of carbonyl (C=O) groups is 1. The van der Waals surface area contributed by atoms with E-state index in [0.717, 1.165) is 5.56 Å². The van der Waals surface area contributed by atoms with E-state index in [1.165, 1.54) is 22.5 Å².